The molecule has 0 aromatic heterocycles. The number of hydrogen-bond acceptors (Lipinski definition) is 4. The molecule has 0 unspecified atom stereocenters. The third kappa shape index (κ3) is 3.73. The maximum absolute atomic E-state index is 11.4. The topological polar surface area (TPSA) is 82.0 Å². The highest BCUT2D eigenvalue weighted by Gasteiger charge is 2.27. The SMILES string of the molecule is CC1(C)CC(=O)C=C(NNC(=O)CC#N)C1. The minimum absolute atomic E-state index is 0.0493. The Kier molecular flexibility index (Phi) is 3.67. The van der Waals surface area contributed by atoms with Crippen LogP contribution in [0.5, 0.6) is 0 Å². The summed E-state index contributed by atoms with van der Waals surface area (Å²) >= 11 is 0. The summed E-state index contributed by atoms with van der Waals surface area (Å²) in [5, 5.41) is 8.29. The summed E-state index contributed by atoms with van der Waals surface area (Å²) in [4.78, 5) is 22.4. The second-order valence-electron chi connectivity index (χ2n) is 4.66. The van der Waals surface area contributed by atoms with E-state index in [9.17, 15) is 9.59 Å². The summed E-state index contributed by atoms with van der Waals surface area (Å²) in [6.45, 7) is 3.99. The van der Waals surface area contributed by atoms with Gasteiger partial charge >= 0.3 is 0 Å². The third-order valence-electron chi connectivity index (χ3n) is 2.26. The van der Waals surface area contributed by atoms with Crippen LogP contribution in [0.2, 0.25) is 0 Å². The number of carbonyl (C=O) groups excluding carboxylic acids is 2. The number of hydrazine groups is 1. The van der Waals surface area contributed by atoms with E-state index in [1.54, 1.807) is 6.07 Å². The number of amides is 1. The zero-order valence-electron chi connectivity index (χ0n) is 9.46. The van der Waals surface area contributed by atoms with Gasteiger partial charge in [-0.3, -0.25) is 15.0 Å². The van der Waals surface area contributed by atoms with Gasteiger partial charge in [-0.05, 0) is 11.8 Å². The minimum atomic E-state index is -0.403. The van der Waals surface area contributed by atoms with Crippen LogP contribution in [0.25, 0.3) is 0 Å². The number of rotatable bonds is 3. The maximum atomic E-state index is 11.4. The molecule has 86 valence electrons. The fourth-order valence-electron chi connectivity index (χ4n) is 1.69. The van der Waals surface area contributed by atoms with Crippen LogP contribution in [0, 0.1) is 16.7 Å². The number of allylic oxidation sites excluding steroid dienone is 2. The molecule has 16 heavy (non-hydrogen) atoms. The van der Waals surface area contributed by atoms with E-state index in [4.69, 9.17) is 5.26 Å². The molecule has 5 nitrogen and oxygen atoms in total. The van der Waals surface area contributed by atoms with Crippen LogP contribution in [0.3, 0.4) is 0 Å². The molecule has 0 atom stereocenters. The van der Waals surface area contributed by atoms with Crippen molar-refractivity contribution < 1.29 is 9.59 Å². The fourth-order valence-corrected chi connectivity index (χ4v) is 1.69. The summed E-state index contributed by atoms with van der Waals surface area (Å²) in [6, 6.07) is 1.74. The standard InChI is InChI=1S/C11H15N3O2/c1-11(2)6-8(5-9(15)7-11)13-14-10(16)3-4-12/h5,13H,3,6-7H2,1-2H3,(H,14,16). The lowest BCUT2D eigenvalue weighted by Crippen LogP contribution is -2.39. The van der Waals surface area contributed by atoms with Crippen LogP contribution >= 0.6 is 0 Å². The van der Waals surface area contributed by atoms with Crippen molar-refractivity contribution in [2.75, 3.05) is 0 Å². The molecule has 1 amide bonds. The van der Waals surface area contributed by atoms with E-state index in [1.165, 1.54) is 6.08 Å². The van der Waals surface area contributed by atoms with Crippen molar-refractivity contribution >= 4 is 11.7 Å². The molecule has 5 heteroatoms. The van der Waals surface area contributed by atoms with Crippen LogP contribution in [0.4, 0.5) is 0 Å². The van der Waals surface area contributed by atoms with Crippen molar-refractivity contribution in [3.63, 3.8) is 0 Å². The monoisotopic (exact) mass is 221 g/mol. The molecule has 0 radical (unpaired) electrons. The van der Waals surface area contributed by atoms with Gasteiger partial charge in [0.1, 0.15) is 6.42 Å². The molecule has 0 fully saturated rings. The molecule has 2 N–H and O–H groups in total. The Morgan fingerprint density at radius 2 is 2.25 bits per heavy atom. The summed E-state index contributed by atoms with van der Waals surface area (Å²) in [5.41, 5.74) is 5.66. The highest BCUT2D eigenvalue weighted by molar-refractivity contribution is 5.91. The van der Waals surface area contributed by atoms with Crippen molar-refractivity contribution in [3.05, 3.63) is 11.8 Å². The molecule has 1 aliphatic carbocycles. The van der Waals surface area contributed by atoms with Crippen LogP contribution < -0.4 is 10.9 Å². The fraction of sp³-hybridized carbons (Fsp3) is 0.545. The molecule has 0 heterocycles. The highest BCUT2D eigenvalue weighted by atomic mass is 16.2. The van der Waals surface area contributed by atoms with Crippen LogP contribution in [-0.4, -0.2) is 11.7 Å². The van der Waals surface area contributed by atoms with Crippen molar-refractivity contribution in [2.24, 2.45) is 5.41 Å². The lowest BCUT2D eigenvalue weighted by Gasteiger charge is -2.29. The van der Waals surface area contributed by atoms with E-state index in [1.807, 2.05) is 13.8 Å². The molecule has 0 saturated heterocycles. The van der Waals surface area contributed by atoms with Gasteiger partial charge in [-0.15, -0.1) is 0 Å². The third-order valence-corrected chi connectivity index (χ3v) is 2.26. The van der Waals surface area contributed by atoms with Gasteiger partial charge in [0.2, 0.25) is 0 Å². The second-order valence-corrected chi connectivity index (χ2v) is 4.66. The van der Waals surface area contributed by atoms with Crippen molar-refractivity contribution in [1.29, 1.82) is 5.26 Å². The Balaban J connectivity index is 2.52. The van der Waals surface area contributed by atoms with Gasteiger partial charge < -0.3 is 5.43 Å². The predicted octanol–water partition coefficient (Wildman–Crippen LogP) is 0.794. The molecule has 0 aliphatic heterocycles. The van der Waals surface area contributed by atoms with Gasteiger partial charge in [0.05, 0.1) is 6.07 Å². The first-order valence-corrected chi connectivity index (χ1v) is 5.08. The summed E-state index contributed by atoms with van der Waals surface area (Å²) in [6.07, 6.45) is 2.52. The number of ketones is 1. The van der Waals surface area contributed by atoms with Gasteiger partial charge in [0, 0.05) is 18.2 Å². The Bertz CT molecular complexity index is 377. The number of carbonyl (C=O) groups is 2. The average molecular weight is 221 g/mol. The predicted molar refractivity (Wildman–Crippen MR) is 57.6 cm³/mol. The van der Waals surface area contributed by atoms with Crippen molar-refractivity contribution in [2.45, 2.75) is 33.1 Å². The first-order valence-electron chi connectivity index (χ1n) is 5.08. The molecule has 0 saturated carbocycles. The maximum Gasteiger partial charge on any atom is 0.252 e. The van der Waals surface area contributed by atoms with E-state index >= 15 is 0 Å². The highest BCUT2D eigenvalue weighted by Crippen LogP contribution is 2.32. The molecule has 0 spiro atoms. The van der Waals surface area contributed by atoms with Gasteiger partial charge in [-0.2, -0.15) is 5.26 Å². The molecule has 0 aromatic rings. The largest absolute Gasteiger partial charge is 0.303 e. The number of hydrogen-bond donors (Lipinski definition) is 2. The first kappa shape index (κ1) is 12.2. The molecule has 0 bridgehead atoms. The minimum Gasteiger partial charge on any atom is -0.303 e. The zero-order valence-corrected chi connectivity index (χ0v) is 9.46. The summed E-state index contributed by atoms with van der Waals surface area (Å²) in [7, 11) is 0. The summed E-state index contributed by atoms with van der Waals surface area (Å²) < 4.78 is 0. The van der Waals surface area contributed by atoms with Crippen LogP contribution in [-0.2, 0) is 9.59 Å². The molecule has 1 rings (SSSR count). The van der Waals surface area contributed by atoms with Crippen molar-refractivity contribution in [3.8, 4) is 6.07 Å². The molecule has 1 aliphatic rings. The smallest absolute Gasteiger partial charge is 0.252 e. The normalized spacial score (nSPS) is 18.3. The number of nitrogens with one attached hydrogen (secondary N) is 2. The Labute approximate surface area is 94.5 Å². The van der Waals surface area contributed by atoms with Gasteiger partial charge in [-0.1, -0.05) is 13.8 Å². The lowest BCUT2D eigenvalue weighted by molar-refractivity contribution is -0.121. The Morgan fingerprint density at radius 3 is 2.81 bits per heavy atom. The second kappa shape index (κ2) is 4.79. The first-order chi connectivity index (χ1) is 7.43. The number of nitriles is 1. The van der Waals surface area contributed by atoms with E-state index in [0.29, 0.717) is 18.5 Å². The Morgan fingerprint density at radius 1 is 1.56 bits per heavy atom. The van der Waals surface area contributed by atoms with Gasteiger partial charge in [-0.25, -0.2) is 0 Å². The molecular formula is C11H15N3O2. The summed E-state index contributed by atoms with van der Waals surface area (Å²) in [5.74, 6) is -0.354. The average Bonchev–Trinajstić information content (AvgIpc) is 2.12. The van der Waals surface area contributed by atoms with Gasteiger partial charge in [0.25, 0.3) is 5.91 Å². The van der Waals surface area contributed by atoms with E-state index in [-0.39, 0.29) is 17.6 Å². The number of nitrogens with zero attached hydrogens (tertiary/aromatic N) is 1. The van der Waals surface area contributed by atoms with Gasteiger partial charge in [0.15, 0.2) is 5.78 Å². The van der Waals surface area contributed by atoms with E-state index in [0.717, 1.165) is 0 Å². The Hall–Kier alpha value is -1.83. The zero-order chi connectivity index (χ0) is 12.2. The quantitative estimate of drug-likeness (QED) is 0.690. The molecular weight excluding hydrogens is 206 g/mol. The lowest BCUT2D eigenvalue weighted by atomic mass is 9.79. The van der Waals surface area contributed by atoms with Crippen molar-refractivity contribution in [1.82, 2.24) is 10.9 Å². The van der Waals surface area contributed by atoms with E-state index < -0.39 is 5.91 Å². The molecule has 0 aromatic carbocycles. The van der Waals surface area contributed by atoms with Crippen LogP contribution in [0.1, 0.15) is 33.1 Å². The van der Waals surface area contributed by atoms with E-state index in [2.05, 4.69) is 10.9 Å². The van der Waals surface area contributed by atoms with Crippen LogP contribution in [0.15, 0.2) is 11.8 Å².